The minimum atomic E-state index is -0.917. The van der Waals surface area contributed by atoms with Crippen molar-refractivity contribution in [3.8, 4) is 34.2 Å². The van der Waals surface area contributed by atoms with Crippen LogP contribution in [0.3, 0.4) is 0 Å². The quantitative estimate of drug-likeness (QED) is 0.506. The molecule has 0 amide bonds. The summed E-state index contributed by atoms with van der Waals surface area (Å²) in [6.45, 7) is 3.82. The molecule has 0 aliphatic rings. The highest BCUT2D eigenvalue weighted by molar-refractivity contribution is 8.00. The van der Waals surface area contributed by atoms with Gasteiger partial charge in [0.25, 0.3) is 0 Å². The number of aromatic nitrogens is 1. The summed E-state index contributed by atoms with van der Waals surface area (Å²) in [5, 5.41) is 19.2. The molecule has 0 fully saturated rings. The fraction of sp³-hybridized carbons (Fsp3) is 0.208. The van der Waals surface area contributed by atoms with E-state index in [1.165, 1.54) is 0 Å². The number of carboxylic acids is 1. The highest BCUT2D eigenvalue weighted by Crippen LogP contribution is 2.36. The first-order valence-electron chi connectivity index (χ1n) is 9.52. The zero-order valence-corrected chi connectivity index (χ0v) is 17.9. The van der Waals surface area contributed by atoms with E-state index in [2.05, 4.69) is 11.1 Å². The summed E-state index contributed by atoms with van der Waals surface area (Å²) >= 11 is 1.12. The predicted octanol–water partition coefficient (Wildman–Crippen LogP) is 5.56. The third-order valence-electron chi connectivity index (χ3n) is 4.75. The molecule has 0 bridgehead atoms. The number of carbonyl (C=O) groups is 1. The van der Waals surface area contributed by atoms with Crippen molar-refractivity contribution < 1.29 is 14.6 Å². The molecule has 2 aromatic carbocycles. The first kappa shape index (κ1) is 21.4. The molecule has 152 valence electrons. The van der Waals surface area contributed by atoms with E-state index in [1.54, 1.807) is 7.11 Å². The number of aryl methyl sites for hydroxylation is 1. The number of nitriles is 1. The lowest BCUT2D eigenvalue weighted by Gasteiger charge is -2.15. The molecule has 1 N–H and O–H groups in total. The molecule has 1 atom stereocenters. The van der Waals surface area contributed by atoms with Gasteiger partial charge in [-0.3, -0.25) is 4.79 Å². The molecule has 30 heavy (non-hydrogen) atoms. The van der Waals surface area contributed by atoms with Crippen LogP contribution in [0.2, 0.25) is 0 Å². The largest absolute Gasteiger partial charge is 0.497 e. The lowest BCUT2D eigenvalue weighted by molar-refractivity contribution is -0.136. The van der Waals surface area contributed by atoms with Crippen LogP contribution >= 0.6 is 11.8 Å². The Labute approximate surface area is 180 Å². The van der Waals surface area contributed by atoms with E-state index in [-0.39, 0.29) is 0 Å². The Balaban J connectivity index is 2.20. The molecule has 3 rings (SSSR count). The third kappa shape index (κ3) is 4.64. The summed E-state index contributed by atoms with van der Waals surface area (Å²) < 4.78 is 5.23. The maximum atomic E-state index is 11.6. The third-order valence-corrected chi connectivity index (χ3v) is 6.08. The maximum Gasteiger partial charge on any atom is 0.317 e. The van der Waals surface area contributed by atoms with Crippen LogP contribution in [0, 0.1) is 18.3 Å². The number of hydrogen-bond donors (Lipinski definition) is 1. The normalized spacial score (nSPS) is 11.5. The molecule has 0 spiro atoms. The minimum Gasteiger partial charge on any atom is -0.497 e. The maximum absolute atomic E-state index is 11.6. The highest BCUT2D eigenvalue weighted by Gasteiger charge is 2.22. The minimum absolute atomic E-state index is 0.390. The average Bonchev–Trinajstić information content (AvgIpc) is 2.77. The highest BCUT2D eigenvalue weighted by atomic mass is 32.2. The van der Waals surface area contributed by atoms with Gasteiger partial charge in [-0.1, -0.05) is 48.5 Å². The summed E-state index contributed by atoms with van der Waals surface area (Å²) in [6.07, 6.45) is 0.430. The lowest BCUT2D eigenvalue weighted by atomic mass is 9.98. The Bertz CT molecular complexity index is 1090. The number of hydrogen-bond acceptors (Lipinski definition) is 5. The number of carboxylic acid groups (broad SMARTS) is 1. The van der Waals surface area contributed by atoms with E-state index in [9.17, 15) is 15.2 Å². The van der Waals surface area contributed by atoms with Crippen molar-refractivity contribution in [2.45, 2.75) is 30.5 Å². The zero-order chi connectivity index (χ0) is 21.7. The molecular formula is C24H22N2O3S. The number of ether oxygens (including phenoxy) is 1. The Morgan fingerprint density at radius 2 is 1.80 bits per heavy atom. The molecule has 1 aromatic heterocycles. The van der Waals surface area contributed by atoms with Crippen LogP contribution in [0.15, 0.2) is 59.6 Å². The van der Waals surface area contributed by atoms with Gasteiger partial charge in [-0.15, -0.1) is 0 Å². The van der Waals surface area contributed by atoms with Gasteiger partial charge in [0.2, 0.25) is 0 Å². The van der Waals surface area contributed by atoms with E-state index in [0.29, 0.717) is 22.7 Å². The van der Waals surface area contributed by atoms with Gasteiger partial charge in [0.15, 0.2) is 0 Å². The molecular weight excluding hydrogens is 396 g/mol. The monoisotopic (exact) mass is 418 g/mol. The Morgan fingerprint density at radius 1 is 1.17 bits per heavy atom. The topological polar surface area (TPSA) is 83.2 Å². The molecule has 5 nitrogen and oxygen atoms in total. The molecule has 0 saturated heterocycles. The summed E-state index contributed by atoms with van der Waals surface area (Å²) in [7, 11) is 1.61. The number of rotatable bonds is 7. The first-order valence-corrected chi connectivity index (χ1v) is 10.4. The standard InChI is InChI=1S/C24H22N2O3S/c1-4-22(24(27)28)30-23-20(14-25)19(16-7-5-15(2)6-8-16)13-21(26-23)17-9-11-18(29-3)12-10-17/h5-13,22H,4H2,1-3H3,(H,27,28). The second-order valence-electron chi connectivity index (χ2n) is 6.79. The van der Waals surface area contributed by atoms with Crippen LogP contribution in [-0.4, -0.2) is 28.4 Å². The van der Waals surface area contributed by atoms with Crippen molar-refractivity contribution in [2.75, 3.05) is 7.11 Å². The van der Waals surface area contributed by atoms with Crippen LogP contribution in [0.25, 0.3) is 22.4 Å². The molecule has 0 saturated carbocycles. The summed E-state index contributed by atoms with van der Waals surface area (Å²) in [5.41, 5.74) is 4.67. The van der Waals surface area contributed by atoms with Crippen molar-refractivity contribution in [1.82, 2.24) is 4.98 Å². The SMILES string of the molecule is CCC(Sc1nc(-c2ccc(OC)cc2)cc(-c2ccc(C)cc2)c1C#N)C(=O)O. The van der Waals surface area contributed by atoms with E-state index in [1.807, 2.05) is 68.4 Å². The van der Waals surface area contributed by atoms with Crippen molar-refractivity contribution in [1.29, 1.82) is 5.26 Å². The van der Waals surface area contributed by atoms with Crippen molar-refractivity contribution >= 4 is 17.7 Å². The molecule has 0 aliphatic heterocycles. The average molecular weight is 419 g/mol. The number of pyridine rings is 1. The molecule has 3 aromatic rings. The van der Waals surface area contributed by atoms with Gasteiger partial charge in [0, 0.05) is 11.1 Å². The molecule has 1 unspecified atom stereocenters. The van der Waals surface area contributed by atoms with Gasteiger partial charge in [-0.25, -0.2) is 4.98 Å². The van der Waals surface area contributed by atoms with Crippen LogP contribution in [0.4, 0.5) is 0 Å². The molecule has 6 heteroatoms. The van der Waals surface area contributed by atoms with Crippen LogP contribution in [0.5, 0.6) is 5.75 Å². The van der Waals surface area contributed by atoms with Crippen molar-refractivity contribution in [3.05, 3.63) is 65.7 Å². The lowest BCUT2D eigenvalue weighted by Crippen LogP contribution is -2.15. The van der Waals surface area contributed by atoms with Crippen molar-refractivity contribution in [3.63, 3.8) is 0 Å². The van der Waals surface area contributed by atoms with Crippen LogP contribution < -0.4 is 4.74 Å². The number of aliphatic carboxylic acids is 1. The number of thioether (sulfide) groups is 1. The Hall–Kier alpha value is -3.30. The summed E-state index contributed by atoms with van der Waals surface area (Å²) in [5.74, 6) is -0.183. The van der Waals surface area contributed by atoms with Gasteiger partial charge in [-0.2, -0.15) is 5.26 Å². The van der Waals surface area contributed by atoms with Crippen LogP contribution in [-0.2, 0) is 4.79 Å². The molecule has 0 radical (unpaired) electrons. The van der Waals surface area contributed by atoms with Gasteiger partial charge < -0.3 is 9.84 Å². The van der Waals surface area contributed by atoms with Crippen molar-refractivity contribution in [2.24, 2.45) is 0 Å². The first-order chi connectivity index (χ1) is 14.5. The van der Waals surface area contributed by atoms with E-state index >= 15 is 0 Å². The zero-order valence-electron chi connectivity index (χ0n) is 17.0. The van der Waals surface area contributed by atoms with E-state index < -0.39 is 11.2 Å². The predicted molar refractivity (Wildman–Crippen MR) is 119 cm³/mol. The van der Waals surface area contributed by atoms with Gasteiger partial charge in [0.1, 0.15) is 22.1 Å². The molecule has 0 aliphatic carbocycles. The number of methoxy groups -OCH3 is 1. The number of nitrogens with zero attached hydrogens (tertiary/aromatic N) is 2. The second-order valence-corrected chi connectivity index (χ2v) is 7.99. The summed E-state index contributed by atoms with van der Waals surface area (Å²) in [6, 6.07) is 19.5. The van der Waals surface area contributed by atoms with Gasteiger partial charge in [-0.05, 0) is 49.2 Å². The van der Waals surface area contributed by atoms with Crippen LogP contribution in [0.1, 0.15) is 24.5 Å². The Kier molecular flexibility index (Phi) is 6.76. The fourth-order valence-electron chi connectivity index (χ4n) is 3.03. The van der Waals surface area contributed by atoms with Gasteiger partial charge in [0.05, 0.1) is 18.4 Å². The fourth-order valence-corrected chi connectivity index (χ4v) is 3.99. The van der Waals surface area contributed by atoms with E-state index in [0.717, 1.165) is 39.8 Å². The smallest absolute Gasteiger partial charge is 0.317 e. The van der Waals surface area contributed by atoms with E-state index in [4.69, 9.17) is 4.74 Å². The second kappa shape index (κ2) is 9.47. The number of benzene rings is 2. The van der Waals surface area contributed by atoms with Gasteiger partial charge >= 0.3 is 5.97 Å². The molecule has 1 heterocycles. The Morgan fingerprint density at radius 3 is 2.33 bits per heavy atom. The summed E-state index contributed by atoms with van der Waals surface area (Å²) in [4.78, 5) is 16.3.